The second-order valence-electron chi connectivity index (χ2n) is 6.26. The van der Waals surface area contributed by atoms with Crippen LogP contribution in [-0.2, 0) is 22.4 Å². The van der Waals surface area contributed by atoms with Gasteiger partial charge in [0, 0.05) is 31.9 Å². The van der Waals surface area contributed by atoms with E-state index in [1.54, 1.807) is 24.5 Å². The van der Waals surface area contributed by atoms with Crippen LogP contribution in [0.5, 0.6) is 0 Å². The lowest BCUT2D eigenvalue weighted by Gasteiger charge is -2.21. The van der Waals surface area contributed by atoms with Gasteiger partial charge in [-0.05, 0) is 41.8 Å². The van der Waals surface area contributed by atoms with E-state index in [1.807, 2.05) is 0 Å². The van der Waals surface area contributed by atoms with Crippen molar-refractivity contribution in [1.82, 2.24) is 15.6 Å². The van der Waals surface area contributed by atoms with Crippen molar-refractivity contribution in [3.63, 3.8) is 0 Å². The van der Waals surface area contributed by atoms with Crippen LogP contribution in [0.25, 0.3) is 0 Å². The summed E-state index contributed by atoms with van der Waals surface area (Å²) in [5, 5.41) is 5.25. The molecule has 0 aliphatic rings. The van der Waals surface area contributed by atoms with Crippen LogP contribution in [0, 0.1) is 11.6 Å². The van der Waals surface area contributed by atoms with Gasteiger partial charge < -0.3 is 22.1 Å². The van der Waals surface area contributed by atoms with Crippen molar-refractivity contribution >= 4 is 11.8 Å². The average Bonchev–Trinajstić information content (AvgIpc) is 2.69. The Hall–Kier alpha value is -2.91. The molecule has 7 nitrogen and oxygen atoms in total. The van der Waals surface area contributed by atoms with E-state index in [-0.39, 0.29) is 25.9 Å². The van der Waals surface area contributed by atoms with Crippen molar-refractivity contribution in [3.8, 4) is 0 Å². The van der Waals surface area contributed by atoms with Gasteiger partial charge in [-0.3, -0.25) is 14.6 Å². The molecule has 0 bridgehead atoms. The van der Waals surface area contributed by atoms with E-state index in [9.17, 15) is 18.4 Å². The molecule has 2 aromatic rings. The molecule has 0 aliphatic heterocycles. The third kappa shape index (κ3) is 6.36. The minimum absolute atomic E-state index is 0.00453. The van der Waals surface area contributed by atoms with Crippen LogP contribution in [0.2, 0.25) is 0 Å². The van der Waals surface area contributed by atoms with E-state index in [1.165, 1.54) is 6.07 Å². The number of amides is 2. The zero-order valence-electron chi connectivity index (χ0n) is 15.2. The summed E-state index contributed by atoms with van der Waals surface area (Å²) in [4.78, 5) is 28.7. The normalized spacial score (nSPS) is 12.9. The first-order chi connectivity index (χ1) is 13.4. The largest absolute Gasteiger partial charge is 0.353 e. The number of pyridine rings is 1. The summed E-state index contributed by atoms with van der Waals surface area (Å²) in [7, 11) is 0. The van der Waals surface area contributed by atoms with Crippen LogP contribution in [0.4, 0.5) is 8.78 Å². The van der Waals surface area contributed by atoms with Crippen LogP contribution >= 0.6 is 0 Å². The molecular formula is C19H23F2N5O2. The van der Waals surface area contributed by atoms with Gasteiger partial charge in [0.25, 0.3) is 0 Å². The molecule has 1 aromatic heterocycles. The summed E-state index contributed by atoms with van der Waals surface area (Å²) >= 11 is 0. The number of carbonyl (C=O) groups excluding carboxylic acids is 2. The Bertz CT molecular complexity index is 804. The zero-order chi connectivity index (χ0) is 20.5. The molecule has 2 amide bonds. The lowest BCUT2D eigenvalue weighted by Crippen LogP contribution is -2.53. The standard InChI is InChI=1S/C19H23F2N5O2/c20-14-2-1-13(9-15(14)21)10-16(23)18(27)26-17(19(28)25-8-5-22)11-12-3-6-24-7-4-12/h1-4,6-7,9,16-17H,5,8,10-11,22-23H2,(H,25,28)(H,26,27)/t16-,17-/m0/s1. The molecule has 0 spiro atoms. The molecule has 0 saturated heterocycles. The number of nitrogens with two attached hydrogens (primary N) is 2. The molecule has 2 atom stereocenters. The minimum Gasteiger partial charge on any atom is -0.353 e. The summed E-state index contributed by atoms with van der Waals surface area (Å²) in [5.74, 6) is -2.96. The third-order valence-corrected chi connectivity index (χ3v) is 4.04. The summed E-state index contributed by atoms with van der Waals surface area (Å²) in [5.41, 5.74) is 12.5. The molecule has 9 heteroatoms. The number of hydrogen-bond donors (Lipinski definition) is 4. The van der Waals surface area contributed by atoms with E-state index >= 15 is 0 Å². The van der Waals surface area contributed by atoms with Gasteiger partial charge in [0.15, 0.2) is 11.6 Å². The number of rotatable bonds is 9. The lowest BCUT2D eigenvalue weighted by molar-refractivity contribution is -0.129. The Morgan fingerprint density at radius 2 is 1.71 bits per heavy atom. The van der Waals surface area contributed by atoms with E-state index in [0.29, 0.717) is 5.56 Å². The number of halogens is 2. The molecule has 0 unspecified atom stereocenters. The van der Waals surface area contributed by atoms with E-state index < -0.39 is 35.5 Å². The number of nitrogens with zero attached hydrogens (tertiary/aromatic N) is 1. The molecule has 0 fully saturated rings. The quantitative estimate of drug-likeness (QED) is 0.480. The second kappa shape index (κ2) is 10.4. The number of aromatic nitrogens is 1. The topological polar surface area (TPSA) is 123 Å². The smallest absolute Gasteiger partial charge is 0.242 e. The SMILES string of the molecule is NCCNC(=O)[C@H](Cc1ccncc1)NC(=O)[C@@H](N)Cc1ccc(F)c(F)c1. The summed E-state index contributed by atoms with van der Waals surface area (Å²) in [6.45, 7) is 0.528. The zero-order valence-corrected chi connectivity index (χ0v) is 15.2. The fraction of sp³-hybridized carbons (Fsp3) is 0.316. The molecule has 6 N–H and O–H groups in total. The van der Waals surface area contributed by atoms with Gasteiger partial charge in [0.2, 0.25) is 11.8 Å². The van der Waals surface area contributed by atoms with E-state index in [2.05, 4.69) is 15.6 Å². The van der Waals surface area contributed by atoms with Gasteiger partial charge in [-0.25, -0.2) is 8.78 Å². The first-order valence-electron chi connectivity index (χ1n) is 8.77. The van der Waals surface area contributed by atoms with Crippen LogP contribution in [0.3, 0.4) is 0 Å². The summed E-state index contributed by atoms with van der Waals surface area (Å²) in [6.07, 6.45) is 3.40. The van der Waals surface area contributed by atoms with Crippen molar-refractivity contribution in [2.75, 3.05) is 13.1 Å². The molecule has 28 heavy (non-hydrogen) atoms. The molecule has 1 aromatic carbocycles. The molecule has 150 valence electrons. The fourth-order valence-corrected chi connectivity index (χ4v) is 2.57. The molecule has 0 aliphatic carbocycles. The highest BCUT2D eigenvalue weighted by atomic mass is 19.2. The van der Waals surface area contributed by atoms with E-state index in [0.717, 1.165) is 17.7 Å². The van der Waals surface area contributed by atoms with Crippen molar-refractivity contribution in [2.45, 2.75) is 24.9 Å². The Kier molecular flexibility index (Phi) is 7.97. The van der Waals surface area contributed by atoms with Gasteiger partial charge >= 0.3 is 0 Å². The average molecular weight is 391 g/mol. The predicted octanol–water partition coefficient (Wildman–Crippen LogP) is 0.0320. The van der Waals surface area contributed by atoms with Crippen molar-refractivity contribution in [3.05, 3.63) is 65.5 Å². The number of hydrogen-bond acceptors (Lipinski definition) is 5. The third-order valence-electron chi connectivity index (χ3n) is 4.04. The second-order valence-corrected chi connectivity index (χ2v) is 6.26. The number of nitrogens with one attached hydrogen (secondary N) is 2. The monoisotopic (exact) mass is 391 g/mol. The van der Waals surface area contributed by atoms with Gasteiger partial charge in [-0.1, -0.05) is 6.07 Å². The maximum Gasteiger partial charge on any atom is 0.242 e. The molecular weight excluding hydrogens is 368 g/mol. The van der Waals surface area contributed by atoms with Crippen molar-refractivity contribution in [1.29, 1.82) is 0 Å². The Balaban J connectivity index is 2.04. The first kappa shape index (κ1) is 21.4. The van der Waals surface area contributed by atoms with Crippen LogP contribution in [-0.4, -0.2) is 42.0 Å². The molecule has 0 saturated carbocycles. The summed E-state index contributed by atoms with van der Waals surface area (Å²) in [6, 6.07) is 4.89. The lowest BCUT2D eigenvalue weighted by atomic mass is 10.0. The highest BCUT2D eigenvalue weighted by Gasteiger charge is 2.24. The van der Waals surface area contributed by atoms with Gasteiger partial charge in [0.05, 0.1) is 6.04 Å². The highest BCUT2D eigenvalue weighted by Crippen LogP contribution is 2.10. The van der Waals surface area contributed by atoms with Crippen LogP contribution < -0.4 is 22.1 Å². The van der Waals surface area contributed by atoms with Crippen LogP contribution in [0.1, 0.15) is 11.1 Å². The van der Waals surface area contributed by atoms with Crippen LogP contribution in [0.15, 0.2) is 42.7 Å². The van der Waals surface area contributed by atoms with Gasteiger partial charge in [-0.15, -0.1) is 0 Å². The Morgan fingerprint density at radius 3 is 2.36 bits per heavy atom. The van der Waals surface area contributed by atoms with Crippen molar-refractivity contribution < 1.29 is 18.4 Å². The van der Waals surface area contributed by atoms with Gasteiger partial charge in [0.1, 0.15) is 6.04 Å². The first-order valence-corrected chi connectivity index (χ1v) is 8.77. The molecule has 1 heterocycles. The highest BCUT2D eigenvalue weighted by molar-refractivity contribution is 5.90. The number of carbonyl (C=O) groups is 2. The molecule has 0 radical (unpaired) electrons. The molecule has 2 rings (SSSR count). The van der Waals surface area contributed by atoms with Crippen molar-refractivity contribution in [2.24, 2.45) is 11.5 Å². The minimum atomic E-state index is -1.04. The number of benzene rings is 1. The fourth-order valence-electron chi connectivity index (χ4n) is 2.57. The Labute approximate surface area is 161 Å². The summed E-state index contributed by atoms with van der Waals surface area (Å²) < 4.78 is 26.3. The maximum atomic E-state index is 13.3. The van der Waals surface area contributed by atoms with Gasteiger partial charge in [-0.2, -0.15) is 0 Å². The Morgan fingerprint density at radius 1 is 1.00 bits per heavy atom. The van der Waals surface area contributed by atoms with E-state index in [4.69, 9.17) is 11.5 Å². The predicted molar refractivity (Wildman–Crippen MR) is 100.0 cm³/mol. The maximum absolute atomic E-state index is 13.3.